The van der Waals surface area contributed by atoms with Gasteiger partial charge < -0.3 is 58.7 Å². The number of nitrogens with one attached hydrogen (secondary N) is 1. The van der Waals surface area contributed by atoms with E-state index < -0.39 is 89.2 Å². The van der Waals surface area contributed by atoms with Crippen molar-refractivity contribution in [3.8, 4) is 0 Å². The van der Waals surface area contributed by atoms with Crippen molar-refractivity contribution < 1.29 is 53.3 Å². The smallest absolute Gasteiger partial charge is 0.311 e. The molecule has 0 radical (unpaired) electrons. The summed E-state index contributed by atoms with van der Waals surface area (Å²) in [5.74, 6) is -1.79. The maximum atomic E-state index is 14.3. The first-order chi connectivity index (χ1) is 24.4. The van der Waals surface area contributed by atoms with Crippen molar-refractivity contribution in [2.24, 2.45) is 23.2 Å². The van der Waals surface area contributed by atoms with Gasteiger partial charge in [-0.15, -0.1) is 0 Å². The van der Waals surface area contributed by atoms with Gasteiger partial charge in [0, 0.05) is 38.6 Å². The Kier molecular flexibility index (Phi) is 15.8. The van der Waals surface area contributed by atoms with Gasteiger partial charge in [0.2, 0.25) is 0 Å². The van der Waals surface area contributed by atoms with E-state index in [1.54, 1.807) is 35.0 Å². The molecule has 13 nitrogen and oxygen atoms in total. The number of hydrogen-bond donors (Lipinski definition) is 4. The van der Waals surface area contributed by atoms with Gasteiger partial charge in [-0.25, -0.2) is 0 Å². The van der Waals surface area contributed by atoms with Crippen molar-refractivity contribution >= 4 is 5.97 Å². The summed E-state index contributed by atoms with van der Waals surface area (Å²) >= 11 is 0. The van der Waals surface area contributed by atoms with Gasteiger partial charge in [0.1, 0.15) is 35.1 Å². The zero-order valence-electron chi connectivity index (χ0n) is 35.7. The lowest BCUT2D eigenvalue weighted by atomic mass is 9.71. The van der Waals surface area contributed by atoms with E-state index >= 15 is 0 Å². The predicted molar refractivity (Wildman–Crippen MR) is 202 cm³/mol. The third-order valence-corrected chi connectivity index (χ3v) is 13.0. The highest BCUT2D eigenvalue weighted by molar-refractivity contribution is 5.73. The Morgan fingerprint density at radius 3 is 2.09 bits per heavy atom. The Morgan fingerprint density at radius 1 is 0.925 bits per heavy atom. The minimum Gasteiger partial charge on any atom is -0.459 e. The normalized spacial score (nSPS) is 48.1. The number of cyclic esters (lactones) is 1. The van der Waals surface area contributed by atoms with Gasteiger partial charge in [0.25, 0.3) is 0 Å². The van der Waals surface area contributed by atoms with Gasteiger partial charge >= 0.3 is 5.97 Å². The van der Waals surface area contributed by atoms with E-state index in [2.05, 4.69) is 31.0 Å². The van der Waals surface area contributed by atoms with Crippen LogP contribution in [0.25, 0.3) is 0 Å². The van der Waals surface area contributed by atoms with Crippen LogP contribution < -0.4 is 5.32 Å². The van der Waals surface area contributed by atoms with Crippen LogP contribution in [0.5, 0.6) is 0 Å². The number of methoxy groups -OCH3 is 2. The van der Waals surface area contributed by atoms with Crippen molar-refractivity contribution in [1.82, 2.24) is 10.2 Å². The maximum absolute atomic E-state index is 14.3. The van der Waals surface area contributed by atoms with Crippen molar-refractivity contribution in [3.63, 3.8) is 0 Å². The number of hydrogen-bond acceptors (Lipinski definition) is 13. The number of carbonyl (C=O) groups is 1. The number of rotatable bonds is 8. The number of esters is 1. The highest BCUT2D eigenvalue weighted by Crippen LogP contribution is 2.44. The summed E-state index contributed by atoms with van der Waals surface area (Å²) in [7, 11) is 7.30. The topological polar surface area (TPSA) is 158 Å². The van der Waals surface area contributed by atoms with Crippen LogP contribution in [0.1, 0.15) is 109 Å². The van der Waals surface area contributed by atoms with Crippen LogP contribution in [0.2, 0.25) is 0 Å². The fourth-order valence-corrected chi connectivity index (χ4v) is 9.12. The summed E-state index contributed by atoms with van der Waals surface area (Å²) in [5.41, 5.74) is -4.58. The SMILES string of the molecule is CC[C@H]1OC(=O)C(C)C(OC2CC(C)(OC)C(C)(O)C(C)O2)C(C)C(OC2OC(C)CC(N(C)C)C2OC)C(C)(C)CC(C)CNC(C)C(O)C1(C)O. The van der Waals surface area contributed by atoms with Gasteiger partial charge in [-0.05, 0) is 99.7 Å². The molecule has 0 saturated carbocycles. The Labute approximate surface area is 320 Å². The quantitative estimate of drug-likeness (QED) is 0.265. The summed E-state index contributed by atoms with van der Waals surface area (Å²) in [6.45, 7) is 23.3. The molecule has 4 N–H and O–H groups in total. The molecule has 0 bridgehead atoms. The summed E-state index contributed by atoms with van der Waals surface area (Å²) in [5, 5.41) is 37.9. The number of aliphatic hydroxyl groups excluding tert-OH is 1. The number of ether oxygens (including phenoxy) is 7. The molecule has 16 unspecified atom stereocenters. The summed E-state index contributed by atoms with van der Waals surface area (Å²) in [6.07, 6.45) is -4.33. The third kappa shape index (κ3) is 10.1. The first-order valence-corrected chi connectivity index (χ1v) is 19.8. The van der Waals surface area contributed by atoms with Crippen LogP contribution in [0.3, 0.4) is 0 Å². The summed E-state index contributed by atoms with van der Waals surface area (Å²) in [4.78, 5) is 16.5. The van der Waals surface area contributed by atoms with Gasteiger partial charge in [0.05, 0.1) is 30.3 Å². The zero-order valence-corrected chi connectivity index (χ0v) is 35.7. The highest BCUT2D eigenvalue weighted by atomic mass is 16.7. The largest absolute Gasteiger partial charge is 0.459 e. The first kappa shape index (κ1) is 46.4. The van der Waals surface area contributed by atoms with E-state index in [-0.39, 0.29) is 37.0 Å². The van der Waals surface area contributed by atoms with Crippen molar-refractivity contribution in [2.75, 3.05) is 34.9 Å². The molecule has 17 atom stereocenters. The molecule has 3 saturated heterocycles. The molecule has 3 fully saturated rings. The Bertz CT molecular complexity index is 1170. The van der Waals surface area contributed by atoms with E-state index in [4.69, 9.17) is 33.2 Å². The molecule has 0 aliphatic carbocycles. The summed E-state index contributed by atoms with van der Waals surface area (Å²) < 4.78 is 45.0. The highest BCUT2D eigenvalue weighted by Gasteiger charge is 2.56. The first-order valence-electron chi connectivity index (χ1n) is 19.8. The molecule has 3 aliphatic rings. The third-order valence-electron chi connectivity index (χ3n) is 13.0. The van der Waals surface area contributed by atoms with E-state index in [1.165, 1.54) is 6.92 Å². The summed E-state index contributed by atoms with van der Waals surface area (Å²) in [6, 6.07) is -0.449. The molecule has 13 heteroatoms. The van der Waals surface area contributed by atoms with Crippen LogP contribution in [0, 0.1) is 23.2 Å². The van der Waals surface area contributed by atoms with Crippen molar-refractivity contribution in [3.05, 3.63) is 0 Å². The Balaban J connectivity index is 2.18. The van der Waals surface area contributed by atoms with Gasteiger partial charge in [-0.1, -0.05) is 34.6 Å². The number of aliphatic hydroxyl groups is 3. The van der Waals surface area contributed by atoms with Crippen LogP contribution in [-0.2, 0) is 38.0 Å². The second kappa shape index (κ2) is 18.1. The van der Waals surface area contributed by atoms with Crippen LogP contribution >= 0.6 is 0 Å². The number of nitrogens with zero attached hydrogens (tertiary/aromatic N) is 1. The average molecular weight is 761 g/mol. The van der Waals surface area contributed by atoms with Crippen LogP contribution in [-0.4, -0.2) is 145 Å². The molecule has 53 heavy (non-hydrogen) atoms. The molecule has 0 aromatic carbocycles. The maximum Gasteiger partial charge on any atom is 0.311 e. The number of likely N-dealkylation sites (N-methyl/N-ethyl adjacent to an activating group) is 1. The Hall–Kier alpha value is -0.970. The molecule has 0 aromatic heterocycles. The van der Waals surface area contributed by atoms with Gasteiger partial charge in [0.15, 0.2) is 12.6 Å². The second-order valence-corrected chi connectivity index (χ2v) is 18.1. The van der Waals surface area contributed by atoms with E-state index in [0.717, 1.165) is 6.42 Å². The molecule has 3 heterocycles. The van der Waals surface area contributed by atoms with Crippen molar-refractivity contribution in [1.29, 1.82) is 0 Å². The predicted octanol–water partition coefficient (Wildman–Crippen LogP) is 3.88. The molecule has 3 rings (SSSR count). The van der Waals surface area contributed by atoms with Gasteiger partial charge in [-0.2, -0.15) is 0 Å². The standard InChI is InChI=1S/C40H76N2O11/c1-17-29-39(11,45)33(43)26(6)41-21-22(2)19-37(8,9)34(53-36-32(47-15)28(42(13)14)18-23(3)49-36)24(4)31(25(5)35(44)51-29)52-30-20-38(10,48-16)40(12,46)27(7)50-30/h22-34,36,41,43,45-46H,17-21H2,1-16H3/t22?,23?,24?,25?,26?,27?,28?,29-,30?,31?,32?,33?,34?,36?,38?,39?,40?/m1/s1. The molecule has 0 aromatic rings. The van der Waals surface area contributed by atoms with Crippen LogP contribution in [0.15, 0.2) is 0 Å². The number of carbonyl (C=O) groups excluding carboxylic acids is 1. The minimum absolute atomic E-state index is 0.0434. The molecular weight excluding hydrogens is 684 g/mol. The average Bonchev–Trinajstić information content (AvgIpc) is 3.07. The molecule has 0 amide bonds. The van der Waals surface area contributed by atoms with E-state index in [9.17, 15) is 20.1 Å². The monoisotopic (exact) mass is 761 g/mol. The lowest BCUT2D eigenvalue weighted by Crippen LogP contribution is -2.65. The van der Waals surface area contributed by atoms with Crippen LogP contribution in [0.4, 0.5) is 0 Å². The van der Waals surface area contributed by atoms with Gasteiger partial charge in [-0.3, -0.25) is 4.79 Å². The lowest BCUT2D eigenvalue weighted by Gasteiger charge is -2.52. The van der Waals surface area contributed by atoms with E-state index in [0.29, 0.717) is 13.0 Å². The fourth-order valence-electron chi connectivity index (χ4n) is 9.12. The molecule has 3 aliphatic heterocycles. The fraction of sp³-hybridized carbons (Fsp3) is 0.975. The van der Waals surface area contributed by atoms with Crippen molar-refractivity contribution in [2.45, 2.75) is 193 Å². The Morgan fingerprint density at radius 2 is 1.55 bits per heavy atom. The lowest BCUT2D eigenvalue weighted by molar-refractivity contribution is -0.332. The zero-order chi connectivity index (χ0) is 40.4. The minimum atomic E-state index is -1.74. The molecule has 312 valence electrons. The second-order valence-electron chi connectivity index (χ2n) is 18.1. The molecule has 0 spiro atoms. The molecular formula is C40H76N2O11. The van der Waals surface area contributed by atoms with E-state index in [1.807, 2.05) is 48.7 Å².